The topological polar surface area (TPSA) is 58.9 Å². The molecule has 4 aromatic carbocycles. The fraction of sp³-hybridized carbons (Fsp3) is 0.250. The summed E-state index contributed by atoms with van der Waals surface area (Å²) >= 11 is 3.40. The van der Waals surface area contributed by atoms with Crippen LogP contribution in [0.3, 0.4) is 0 Å². The highest BCUT2D eigenvalue weighted by Crippen LogP contribution is 2.36. The molecule has 1 aliphatic rings. The van der Waals surface area contributed by atoms with E-state index >= 15 is 0 Å². The average Bonchev–Trinajstić information content (AvgIpc) is 3.11. The molecule has 0 spiro atoms. The third-order valence-electron chi connectivity index (χ3n) is 7.15. The first-order valence-corrected chi connectivity index (χ1v) is 13.6. The van der Waals surface area contributed by atoms with Crippen LogP contribution in [0.5, 0.6) is 11.5 Å². The minimum absolute atomic E-state index is 0.300. The SMILES string of the molecule is CC1(C)OB(c2ccc(O)c(Cc3ccccc3)c2)OC1(C)C.Oc1ccc(Br)cc1Cc1ccccc1. The molecule has 6 heteroatoms. The average molecular weight is 573 g/mol. The van der Waals surface area contributed by atoms with Crippen LogP contribution >= 0.6 is 15.9 Å². The van der Waals surface area contributed by atoms with Crippen LogP contribution < -0.4 is 5.46 Å². The number of benzene rings is 4. The molecule has 196 valence electrons. The summed E-state index contributed by atoms with van der Waals surface area (Å²) in [5.74, 6) is 0.649. The van der Waals surface area contributed by atoms with Crippen molar-refractivity contribution in [2.75, 3.05) is 0 Å². The quantitative estimate of drug-likeness (QED) is 0.252. The lowest BCUT2D eigenvalue weighted by Gasteiger charge is -2.32. The first-order valence-electron chi connectivity index (χ1n) is 12.8. The highest BCUT2D eigenvalue weighted by Gasteiger charge is 2.51. The number of hydrogen-bond acceptors (Lipinski definition) is 4. The summed E-state index contributed by atoms with van der Waals surface area (Å²) < 4.78 is 13.2. The smallest absolute Gasteiger partial charge is 0.494 e. The molecule has 38 heavy (non-hydrogen) atoms. The number of halogens is 1. The maximum Gasteiger partial charge on any atom is 0.494 e. The standard InChI is InChI=1S/C19H23BO3.C13H11BrO/c1-18(2)19(3,4)23-20(22-18)16-10-11-17(21)15(13-16)12-14-8-6-5-7-9-14;14-12-6-7-13(15)11(9-12)8-10-4-2-1-3-5-10/h5-11,13,21H,12H2,1-4H3;1-7,9,15H,8H2. The maximum atomic E-state index is 10.2. The van der Waals surface area contributed by atoms with Gasteiger partial charge in [0, 0.05) is 17.3 Å². The number of rotatable bonds is 5. The van der Waals surface area contributed by atoms with Crippen LogP contribution in [-0.2, 0) is 22.2 Å². The van der Waals surface area contributed by atoms with Crippen molar-refractivity contribution in [3.05, 3.63) is 124 Å². The molecule has 4 aromatic rings. The van der Waals surface area contributed by atoms with Gasteiger partial charge in [-0.3, -0.25) is 0 Å². The van der Waals surface area contributed by atoms with Gasteiger partial charge in [0.25, 0.3) is 0 Å². The second-order valence-corrected chi connectivity index (χ2v) is 11.5. The predicted molar refractivity (Wildman–Crippen MR) is 158 cm³/mol. The molecule has 1 saturated heterocycles. The summed E-state index contributed by atoms with van der Waals surface area (Å²) in [6.45, 7) is 8.16. The number of phenolic OH excluding ortho intramolecular Hbond substituents is 2. The number of aromatic hydroxyl groups is 2. The molecular weight excluding hydrogens is 539 g/mol. The Morgan fingerprint density at radius 2 is 1.08 bits per heavy atom. The highest BCUT2D eigenvalue weighted by atomic mass is 79.9. The van der Waals surface area contributed by atoms with E-state index in [0.29, 0.717) is 17.9 Å². The van der Waals surface area contributed by atoms with Gasteiger partial charge in [0.1, 0.15) is 11.5 Å². The van der Waals surface area contributed by atoms with E-state index in [2.05, 4.69) is 40.2 Å². The molecule has 0 amide bonds. The lowest BCUT2D eigenvalue weighted by atomic mass is 9.78. The molecule has 1 aliphatic heterocycles. The largest absolute Gasteiger partial charge is 0.508 e. The van der Waals surface area contributed by atoms with Crippen LogP contribution in [0.1, 0.15) is 49.9 Å². The minimum Gasteiger partial charge on any atom is -0.508 e. The monoisotopic (exact) mass is 572 g/mol. The van der Waals surface area contributed by atoms with Gasteiger partial charge in [0.15, 0.2) is 0 Å². The van der Waals surface area contributed by atoms with E-state index in [1.807, 2.05) is 88.4 Å². The van der Waals surface area contributed by atoms with Crippen LogP contribution in [0.4, 0.5) is 0 Å². The summed E-state index contributed by atoms with van der Waals surface area (Å²) in [6.07, 6.45) is 1.44. The van der Waals surface area contributed by atoms with Gasteiger partial charge in [-0.2, -0.15) is 0 Å². The molecule has 0 atom stereocenters. The van der Waals surface area contributed by atoms with Gasteiger partial charge in [-0.05, 0) is 79.7 Å². The molecule has 2 N–H and O–H groups in total. The van der Waals surface area contributed by atoms with E-state index in [9.17, 15) is 10.2 Å². The zero-order valence-electron chi connectivity index (χ0n) is 22.3. The van der Waals surface area contributed by atoms with Gasteiger partial charge in [-0.25, -0.2) is 0 Å². The van der Waals surface area contributed by atoms with Crippen LogP contribution in [0.15, 0.2) is 102 Å². The molecule has 0 saturated carbocycles. The van der Waals surface area contributed by atoms with E-state index < -0.39 is 7.12 Å². The van der Waals surface area contributed by atoms with Crippen molar-refractivity contribution in [2.24, 2.45) is 0 Å². The Kier molecular flexibility index (Phi) is 8.66. The summed E-state index contributed by atoms with van der Waals surface area (Å²) in [4.78, 5) is 0. The first kappa shape index (κ1) is 28.0. The summed E-state index contributed by atoms with van der Waals surface area (Å²) in [5.41, 5.74) is 4.38. The fourth-order valence-electron chi connectivity index (χ4n) is 4.20. The lowest BCUT2D eigenvalue weighted by Crippen LogP contribution is -2.41. The third-order valence-corrected chi connectivity index (χ3v) is 7.64. The second-order valence-electron chi connectivity index (χ2n) is 10.6. The Bertz CT molecular complexity index is 1340. The van der Waals surface area contributed by atoms with E-state index in [-0.39, 0.29) is 11.2 Å². The molecule has 1 fully saturated rings. The van der Waals surface area contributed by atoms with E-state index in [4.69, 9.17) is 9.31 Å². The molecule has 0 aromatic heterocycles. The third kappa shape index (κ3) is 6.87. The van der Waals surface area contributed by atoms with Gasteiger partial charge in [0.2, 0.25) is 0 Å². The van der Waals surface area contributed by atoms with Crippen molar-refractivity contribution >= 4 is 28.5 Å². The van der Waals surface area contributed by atoms with Crippen molar-refractivity contribution in [1.82, 2.24) is 0 Å². The Balaban J connectivity index is 0.000000194. The molecule has 5 rings (SSSR count). The lowest BCUT2D eigenvalue weighted by molar-refractivity contribution is 0.00578. The normalized spacial score (nSPS) is 15.6. The van der Waals surface area contributed by atoms with Gasteiger partial charge in [-0.15, -0.1) is 0 Å². The van der Waals surface area contributed by atoms with Crippen LogP contribution in [0.25, 0.3) is 0 Å². The predicted octanol–water partition coefficient (Wildman–Crippen LogP) is 7.03. The number of phenols is 2. The van der Waals surface area contributed by atoms with Crippen molar-refractivity contribution in [3.63, 3.8) is 0 Å². The van der Waals surface area contributed by atoms with Crippen molar-refractivity contribution in [2.45, 2.75) is 51.7 Å². The fourth-order valence-corrected chi connectivity index (χ4v) is 4.61. The zero-order chi connectivity index (χ0) is 27.3. The van der Waals surface area contributed by atoms with Crippen LogP contribution in [-0.4, -0.2) is 28.5 Å². The Morgan fingerprint density at radius 3 is 1.58 bits per heavy atom. The summed E-state index contributed by atoms with van der Waals surface area (Å²) in [6, 6.07) is 31.3. The van der Waals surface area contributed by atoms with Crippen molar-refractivity contribution in [3.8, 4) is 11.5 Å². The van der Waals surface area contributed by atoms with Crippen molar-refractivity contribution < 1.29 is 19.5 Å². The van der Waals surface area contributed by atoms with Gasteiger partial charge < -0.3 is 19.5 Å². The van der Waals surface area contributed by atoms with E-state index in [1.165, 1.54) is 5.56 Å². The van der Waals surface area contributed by atoms with Gasteiger partial charge in [0.05, 0.1) is 11.2 Å². The molecule has 0 bridgehead atoms. The highest BCUT2D eigenvalue weighted by molar-refractivity contribution is 9.10. The van der Waals surface area contributed by atoms with E-state index in [1.54, 1.807) is 12.1 Å². The van der Waals surface area contributed by atoms with Crippen LogP contribution in [0.2, 0.25) is 0 Å². The molecule has 4 nitrogen and oxygen atoms in total. The maximum absolute atomic E-state index is 10.2. The summed E-state index contributed by atoms with van der Waals surface area (Å²) in [7, 11) is -0.407. The molecule has 1 heterocycles. The van der Waals surface area contributed by atoms with Gasteiger partial charge >= 0.3 is 7.12 Å². The Morgan fingerprint density at radius 1 is 0.632 bits per heavy atom. The summed E-state index contributed by atoms with van der Waals surface area (Å²) in [5, 5.41) is 19.8. The Hall–Kier alpha value is -3.06. The first-order chi connectivity index (χ1) is 18.0. The van der Waals surface area contributed by atoms with Crippen LogP contribution in [0, 0.1) is 0 Å². The Labute approximate surface area is 234 Å². The number of hydrogen-bond donors (Lipinski definition) is 2. The molecular formula is C32H34BBrO4. The molecule has 0 aliphatic carbocycles. The molecule has 0 unspecified atom stereocenters. The van der Waals surface area contributed by atoms with Crippen molar-refractivity contribution in [1.29, 1.82) is 0 Å². The van der Waals surface area contributed by atoms with Gasteiger partial charge in [-0.1, -0.05) is 88.7 Å². The van der Waals surface area contributed by atoms with E-state index in [0.717, 1.165) is 33.0 Å². The second kappa shape index (κ2) is 11.8. The zero-order valence-corrected chi connectivity index (χ0v) is 23.9. The minimum atomic E-state index is -0.407. The molecule has 0 radical (unpaired) electrons.